The van der Waals surface area contributed by atoms with E-state index in [-0.39, 0.29) is 5.82 Å². The molecule has 0 saturated carbocycles. The summed E-state index contributed by atoms with van der Waals surface area (Å²) < 4.78 is 24.0. The van der Waals surface area contributed by atoms with Crippen LogP contribution in [0.25, 0.3) is 0 Å². The van der Waals surface area contributed by atoms with Crippen LogP contribution in [0, 0.1) is 5.82 Å². The molecule has 0 aliphatic heterocycles. The molecule has 3 aromatic rings. The largest absolute Gasteiger partial charge is 0.439 e. The number of nitrogens with one attached hydrogen (secondary N) is 2. The van der Waals surface area contributed by atoms with E-state index in [2.05, 4.69) is 39.6 Å². The lowest BCUT2D eigenvalue weighted by atomic mass is 10.1. The fraction of sp³-hybridized carbons (Fsp3) is 0.286. The third-order valence-corrected chi connectivity index (χ3v) is 4.12. The fourth-order valence-corrected chi connectivity index (χ4v) is 2.50. The molecular formula is C21H24FN5O2. The predicted octanol–water partition coefficient (Wildman–Crippen LogP) is 3.99. The summed E-state index contributed by atoms with van der Waals surface area (Å²) in [4.78, 5) is 8.40. The monoisotopic (exact) mass is 397 g/mol. The number of hydrogen-bond acceptors (Lipinski definition) is 5. The Hall–Kier alpha value is -3.42. The molecule has 152 valence electrons. The van der Waals surface area contributed by atoms with E-state index in [4.69, 9.17) is 9.26 Å². The molecule has 2 N–H and O–H groups in total. The minimum Gasteiger partial charge on any atom is -0.439 e. The number of pyridine rings is 1. The molecule has 2 aromatic heterocycles. The van der Waals surface area contributed by atoms with Crippen LogP contribution in [0.4, 0.5) is 4.39 Å². The van der Waals surface area contributed by atoms with Gasteiger partial charge in [0, 0.05) is 31.9 Å². The van der Waals surface area contributed by atoms with Crippen molar-refractivity contribution in [2.24, 2.45) is 4.99 Å². The normalized spacial score (nSPS) is 11.6. The average Bonchev–Trinajstić information content (AvgIpc) is 3.20. The van der Waals surface area contributed by atoms with Gasteiger partial charge < -0.3 is 19.9 Å². The van der Waals surface area contributed by atoms with Gasteiger partial charge in [0.15, 0.2) is 11.7 Å². The molecule has 0 fully saturated rings. The van der Waals surface area contributed by atoms with Crippen LogP contribution in [0.1, 0.15) is 36.8 Å². The van der Waals surface area contributed by atoms with Crippen molar-refractivity contribution >= 4 is 5.96 Å². The highest BCUT2D eigenvalue weighted by atomic mass is 19.1. The number of hydrogen-bond donors (Lipinski definition) is 2. The lowest BCUT2D eigenvalue weighted by molar-refractivity contribution is 0.372. The van der Waals surface area contributed by atoms with Gasteiger partial charge in [-0.05, 0) is 41.8 Å². The average molecular weight is 397 g/mol. The second kappa shape index (κ2) is 9.68. The molecule has 3 rings (SSSR count). The summed E-state index contributed by atoms with van der Waals surface area (Å²) in [5.41, 5.74) is 1.89. The van der Waals surface area contributed by atoms with Gasteiger partial charge in [0.05, 0.1) is 12.2 Å². The molecule has 0 spiro atoms. The highest BCUT2D eigenvalue weighted by Gasteiger charge is 2.08. The van der Waals surface area contributed by atoms with E-state index in [1.807, 2.05) is 18.2 Å². The van der Waals surface area contributed by atoms with Crippen LogP contribution in [-0.2, 0) is 13.1 Å². The van der Waals surface area contributed by atoms with E-state index >= 15 is 0 Å². The molecule has 0 unspecified atom stereocenters. The zero-order valence-corrected chi connectivity index (χ0v) is 16.6. The summed E-state index contributed by atoms with van der Waals surface area (Å²) in [5, 5.41) is 10.5. The number of aromatic nitrogens is 2. The third-order valence-electron chi connectivity index (χ3n) is 4.12. The third kappa shape index (κ3) is 6.03. The first-order chi connectivity index (χ1) is 14.0. The van der Waals surface area contributed by atoms with Crippen LogP contribution in [0.3, 0.4) is 0 Å². The Balaban J connectivity index is 1.53. The first-order valence-electron chi connectivity index (χ1n) is 9.32. The van der Waals surface area contributed by atoms with Crippen LogP contribution in [-0.4, -0.2) is 23.1 Å². The minimum atomic E-state index is -0.312. The highest BCUT2D eigenvalue weighted by molar-refractivity contribution is 5.79. The Morgan fingerprint density at radius 1 is 1.14 bits per heavy atom. The van der Waals surface area contributed by atoms with Gasteiger partial charge in [-0.2, -0.15) is 0 Å². The maximum absolute atomic E-state index is 13.0. The van der Waals surface area contributed by atoms with Crippen molar-refractivity contribution in [2.75, 3.05) is 7.05 Å². The Morgan fingerprint density at radius 3 is 2.59 bits per heavy atom. The number of benzene rings is 1. The second-order valence-corrected chi connectivity index (χ2v) is 6.71. The Morgan fingerprint density at radius 2 is 1.90 bits per heavy atom. The van der Waals surface area contributed by atoms with Gasteiger partial charge in [0.1, 0.15) is 11.6 Å². The second-order valence-electron chi connectivity index (χ2n) is 6.71. The Labute approximate surface area is 169 Å². The highest BCUT2D eigenvalue weighted by Crippen LogP contribution is 2.20. The lowest BCUT2D eigenvalue weighted by Gasteiger charge is -2.11. The van der Waals surface area contributed by atoms with Crippen molar-refractivity contribution in [1.82, 2.24) is 20.8 Å². The van der Waals surface area contributed by atoms with Crippen LogP contribution in [0.2, 0.25) is 0 Å². The summed E-state index contributed by atoms with van der Waals surface area (Å²) in [6, 6.07) is 11.4. The van der Waals surface area contributed by atoms with E-state index in [0.717, 1.165) is 17.0 Å². The van der Waals surface area contributed by atoms with Crippen LogP contribution in [0.15, 0.2) is 58.2 Å². The molecular weight excluding hydrogens is 373 g/mol. The van der Waals surface area contributed by atoms with Gasteiger partial charge in [0.25, 0.3) is 0 Å². The maximum Gasteiger partial charge on any atom is 0.219 e. The molecule has 0 aliphatic carbocycles. The summed E-state index contributed by atoms with van der Waals surface area (Å²) >= 11 is 0. The molecule has 2 heterocycles. The van der Waals surface area contributed by atoms with Crippen LogP contribution < -0.4 is 15.4 Å². The summed E-state index contributed by atoms with van der Waals surface area (Å²) in [6.07, 6.45) is 1.66. The van der Waals surface area contributed by atoms with Crippen molar-refractivity contribution in [3.8, 4) is 11.6 Å². The number of halogens is 1. The molecule has 0 radical (unpaired) electrons. The van der Waals surface area contributed by atoms with Crippen LogP contribution >= 0.6 is 0 Å². The molecule has 0 amide bonds. The van der Waals surface area contributed by atoms with Crippen molar-refractivity contribution in [3.05, 3.63) is 71.5 Å². The molecule has 0 aliphatic rings. The number of nitrogens with zero attached hydrogens (tertiary/aromatic N) is 3. The minimum absolute atomic E-state index is 0.312. The Kier molecular flexibility index (Phi) is 6.78. The lowest BCUT2D eigenvalue weighted by Crippen LogP contribution is -2.36. The first kappa shape index (κ1) is 20.3. The number of ether oxygens (including phenoxy) is 1. The number of rotatable bonds is 7. The van der Waals surface area contributed by atoms with Gasteiger partial charge in [-0.15, -0.1) is 0 Å². The molecule has 8 heteroatoms. The molecule has 0 bridgehead atoms. The summed E-state index contributed by atoms with van der Waals surface area (Å²) in [7, 11) is 1.70. The van der Waals surface area contributed by atoms with Crippen molar-refractivity contribution in [3.63, 3.8) is 0 Å². The number of guanidine groups is 1. The van der Waals surface area contributed by atoms with Gasteiger partial charge in [-0.3, -0.25) is 4.99 Å². The van der Waals surface area contributed by atoms with E-state index in [1.54, 1.807) is 25.4 Å². The molecule has 0 atom stereocenters. The zero-order chi connectivity index (χ0) is 20.6. The van der Waals surface area contributed by atoms with Gasteiger partial charge in [0.2, 0.25) is 5.88 Å². The fourth-order valence-electron chi connectivity index (χ4n) is 2.50. The van der Waals surface area contributed by atoms with E-state index in [0.29, 0.717) is 36.6 Å². The predicted molar refractivity (Wildman–Crippen MR) is 108 cm³/mol. The van der Waals surface area contributed by atoms with E-state index in [9.17, 15) is 4.39 Å². The first-order valence-corrected chi connectivity index (χ1v) is 9.32. The number of aliphatic imine (C=N–C) groups is 1. The van der Waals surface area contributed by atoms with Crippen LogP contribution in [0.5, 0.6) is 11.6 Å². The van der Waals surface area contributed by atoms with Crippen molar-refractivity contribution in [2.45, 2.75) is 32.9 Å². The summed E-state index contributed by atoms with van der Waals surface area (Å²) in [6.45, 7) is 5.14. The SMILES string of the molecule is CN=C(NCc1ccnc(Oc2ccc(F)cc2)c1)NCc1cc(C(C)C)no1. The van der Waals surface area contributed by atoms with Gasteiger partial charge >= 0.3 is 0 Å². The topological polar surface area (TPSA) is 84.6 Å². The van der Waals surface area contributed by atoms with Gasteiger partial charge in [-0.25, -0.2) is 9.37 Å². The standard InChI is InChI=1S/C21H24FN5O2/c1-14(2)19-11-18(29-27-19)13-26-21(23-3)25-12-15-8-9-24-20(10-15)28-17-6-4-16(22)5-7-17/h4-11,14H,12-13H2,1-3H3,(H2,23,25,26). The Bertz CT molecular complexity index is 954. The van der Waals surface area contributed by atoms with Crippen molar-refractivity contribution < 1.29 is 13.7 Å². The molecule has 0 saturated heterocycles. The smallest absolute Gasteiger partial charge is 0.219 e. The molecule has 7 nitrogen and oxygen atoms in total. The molecule has 1 aromatic carbocycles. The molecule has 29 heavy (non-hydrogen) atoms. The van der Waals surface area contributed by atoms with Crippen molar-refractivity contribution in [1.29, 1.82) is 0 Å². The summed E-state index contributed by atoms with van der Waals surface area (Å²) in [5.74, 6) is 2.34. The maximum atomic E-state index is 13.0. The quantitative estimate of drug-likeness (QED) is 0.463. The zero-order valence-electron chi connectivity index (χ0n) is 16.6. The van der Waals surface area contributed by atoms with E-state index in [1.165, 1.54) is 12.1 Å². The van der Waals surface area contributed by atoms with Gasteiger partial charge in [-0.1, -0.05) is 19.0 Å². The van der Waals surface area contributed by atoms with E-state index < -0.39 is 0 Å².